The van der Waals surface area contributed by atoms with Gasteiger partial charge in [0.05, 0.1) is 18.0 Å². The Morgan fingerprint density at radius 1 is 1.44 bits per heavy atom. The van der Waals surface area contributed by atoms with E-state index in [1.807, 2.05) is 0 Å². The molecule has 1 amide bonds. The van der Waals surface area contributed by atoms with E-state index >= 15 is 0 Å². The third-order valence-corrected chi connectivity index (χ3v) is 3.85. The van der Waals surface area contributed by atoms with E-state index in [0.29, 0.717) is 16.7 Å². The molecule has 0 aromatic heterocycles. The van der Waals surface area contributed by atoms with Crippen LogP contribution < -0.4 is 5.32 Å². The number of amides is 1. The van der Waals surface area contributed by atoms with Crippen LogP contribution in [0.5, 0.6) is 0 Å². The zero-order valence-electron chi connectivity index (χ0n) is 9.25. The van der Waals surface area contributed by atoms with Crippen LogP contribution in [0.25, 0.3) is 0 Å². The molecule has 1 aliphatic heterocycles. The molecule has 1 heterocycles. The van der Waals surface area contributed by atoms with Gasteiger partial charge in [-0.2, -0.15) is 0 Å². The van der Waals surface area contributed by atoms with E-state index in [9.17, 15) is 9.59 Å². The molecular weight excluding hydrogens is 272 g/mol. The van der Waals surface area contributed by atoms with Gasteiger partial charge >= 0.3 is 5.97 Å². The minimum Gasteiger partial charge on any atom is -0.478 e. The molecule has 1 saturated heterocycles. The van der Waals surface area contributed by atoms with Crippen LogP contribution >= 0.6 is 24.0 Å². The molecule has 2 N–H and O–H groups in total. The monoisotopic (exact) mass is 282 g/mol. The third-order valence-electron chi connectivity index (χ3n) is 2.41. The molecular formula is C11H10N2O3S2. The second kappa shape index (κ2) is 5.36. The number of carbonyl (C=O) groups excluding carboxylic acids is 1. The van der Waals surface area contributed by atoms with Gasteiger partial charge in [-0.3, -0.25) is 9.69 Å². The zero-order valence-corrected chi connectivity index (χ0v) is 10.9. The van der Waals surface area contributed by atoms with E-state index in [0.717, 1.165) is 5.69 Å². The maximum atomic E-state index is 11.4. The molecule has 5 nitrogen and oxygen atoms in total. The number of carboxylic acids is 1. The summed E-state index contributed by atoms with van der Waals surface area (Å²) in [4.78, 5) is 23.6. The number of thiocarbonyl (C=S) groups is 1. The molecule has 1 fully saturated rings. The van der Waals surface area contributed by atoms with Crippen molar-refractivity contribution in [1.29, 1.82) is 0 Å². The van der Waals surface area contributed by atoms with Crippen molar-refractivity contribution in [3.05, 3.63) is 29.8 Å². The van der Waals surface area contributed by atoms with E-state index in [1.54, 1.807) is 12.1 Å². The molecule has 0 unspecified atom stereocenters. The van der Waals surface area contributed by atoms with Crippen molar-refractivity contribution in [1.82, 2.24) is 4.90 Å². The van der Waals surface area contributed by atoms with Gasteiger partial charge in [-0.15, -0.1) is 0 Å². The Bertz CT molecular complexity index is 486. The van der Waals surface area contributed by atoms with Crippen molar-refractivity contribution in [2.75, 3.05) is 17.7 Å². The van der Waals surface area contributed by atoms with Crippen molar-refractivity contribution in [3.63, 3.8) is 0 Å². The fourth-order valence-electron chi connectivity index (χ4n) is 1.43. The summed E-state index contributed by atoms with van der Waals surface area (Å²) in [5.74, 6) is -0.591. The van der Waals surface area contributed by atoms with E-state index in [-0.39, 0.29) is 11.5 Å². The first-order valence-electron chi connectivity index (χ1n) is 5.12. The number of hydrogen-bond acceptors (Lipinski definition) is 5. The average molecular weight is 282 g/mol. The van der Waals surface area contributed by atoms with E-state index < -0.39 is 5.97 Å². The topological polar surface area (TPSA) is 69.6 Å². The molecule has 0 atom stereocenters. The number of benzene rings is 1. The van der Waals surface area contributed by atoms with Gasteiger partial charge in [-0.1, -0.05) is 24.0 Å². The maximum Gasteiger partial charge on any atom is 0.335 e. The predicted octanol–water partition coefficient (Wildman–Crippen LogP) is 1.61. The highest BCUT2D eigenvalue weighted by Crippen LogP contribution is 2.19. The molecule has 7 heteroatoms. The summed E-state index contributed by atoms with van der Waals surface area (Å²) in [6.07, 6.45) is 0. The summed E-state index contributed by atoms with van der Waals surface area (Å²) >= 11 is 6.38. The van der Waals surface area contributed by atoms with Crippen molar-refractivity contribution >= 4 is 45.9 Å². The lowest BCUT2D eigenvalue weighted by molar-refractivity contribution is -0.123. The van der Waals surface area contributed by atoms with Crippen molar-refractivity contribution in [2.45, 2.75) is 0 Å². The molecule has 1 aromatic rings. The molecule has 1 aromatic carbocycles. The van der Waals surface area contributed by atoms with Crippen LogP contribution in [0.3, 0.4) is 0 Å². The van der Waals surface area contributed by atoms with Crippen molar-refractivity contribution in [3.8, 4) is 0 Å². The Kier molecular flexibility index (Phi) is 3.83. The zero-order chi connectivity index (χ0) is 13.1. The Hall–Kier alpha value is -1.60. The summed E-state index contributed by atoms with van der Waals surface area (Å²) in [5, 5.41) is 11.8. The van der Waals surface area contributed by atoms with Gasteiger partial charge in [0, 0.05) is 5.69 Å². The highest BCUT2D eigenvalue weighted by molar-refractivity contribution is 8.23. The van der Waals surface area contributed by atoms with Crippen LogP contribution in [-0.2, 0) is 4.79 Å². The molecule has 0 spiro atoms. The molecule has 0 aliphatic carbocycles. The molecule has 94 valence electrons. The van der Waals surface area contributed by atoms with Crippen LogP contribution in [-0.4, -0.2) is 38.6 Å². The van der Waals surface area contributed by atoms with Crippen molar-refractivity contribution < 1.29 is 14.7 Å². The minimum atomic E-state index is -0.964. The highest BCUT2D eigenvalue weighted by Gasteiger charge is 2.25. The summed E-state index contributed by atoms with van der Waals surface area (Å²) in [7, 11) is 0. The van der Waals surface area contributed by atoms with Gasteiger partial charge in [0.1, 0.15) is 4.32 Å². The number of nitrogens with zero attached hydrogens (tertiary/aromatic N) is 1. The number of anilines is 1. The number of carbonyl (C=O) groups is 2. The SMILES string of the molecule is O=C(O)c1ccc(NCN2C(=O)CSC2=S)cc1. The number of carboxylic acid groups (broad SMARTS) is 1. The molecule has 1 aliphatic rings. The average Bonchev–Trinajstić information content (AvgIpc) is 2.67. The van der Waals surface area contributed by atoms with Gasteiger partial charge in [0.25, 0.3) is 0 Å². The highest BCUT2D eigenvalue weighted by atomic mass is 32.2. The molecule has 0 radical (unpaired) electrons. The first-order valence-corrected chi connectivity index (χ1v) is 6.51. The molecule has 2 rings (SSSR count). The molecule has 18 heavy (non-hydrogen) atoms. The Morgan fingerprint density at radius 3 is 2.61 bits per heavy atom. The number of aromatic carboxylic acids is 1. The van der Waals surface area contributed by atoms with E-state index in [1.165, 1.54) is 28.8 Å². The fourth-order valence-corrected chi connectivity index (χ4v) is 2.50. The van der Waals surface area contributed by atoms with E-state index in [4.69, 9.17) is 17.3 Å². The smallest absolute Gasteiger partial charge is 0.335 e. The second-order valence-corrected chi connectivity index (χ2v) is 5.20. The lowest BCUT2D eigenvalue weighted by Gasteiger charge is -2.16. The summed E-state index contributed by atoms with van der Waals surface area (Å²) in [6.45, 7) is 0.303. The van der Waals surface area contributed by atoms with Gasteiger partial charge in [0.15, 0.2) is 0 Å². The predicted molar refractivity (Wildman–Crippen MR) is 73.8 cm³/mol. The first-order chi connectivity index (χ1) is 8.58. The lowest BCUT2D eigenvalue weighted by Crippen LogP contribution is -2.33. The van der Waals surface area contributed by atoms with Gasteiger partial charge in [-0.05, 0) is 24.3 Å². The quantitative estimate of drug-likeness (QED) is 0.818. The van der Waals surface area contributed by atoms with Gasteiger partial charge in [-0.25, -0.2) is 4.79 Å². The van der Waals surface area contributed by atoms with Gasteiger partial charge in [0.2, 0.25) is 5.91 Å². The first kappa shape index (κ1) is 12.8. The number of rotatable bonds is 4. The fraction of sp³-hybridized carbons (Fsp3) is 0.182. The second-order valence-electron chi connectivity index (χ2n) is 3.59. The summed E-state index contributed by atoms with van der Waals surface area (Å²) < 4.78 is 0.564. The maximum absolute atomic E-state index is 11.4. The van der Waals surface area contributed by atoms with Crippen LogP contribution in [0.2, 0.25) is 0 Å². The number of thioether (sulfide) groups is 1. The summed E-state index contributed by atoms with van der Waals surface area (Å²) in [6, 6.07) is 6.31. The Morgan fingerprint density at radius 2 is 2.11 bits per heavy atom. The number of nitrogens with one attached hydrogen (secondary N) is 1. The van der Waals surface area contributed by atoms with Crippen LogP contribution in [0.4, 0.5) is 5.69 Å². The Labute approximate surface area is 113 Å². The number of hydrogen-bond donors (Lipinski definition) is 2. The normalized spacial score (nSPS) is 15.0. The van der Waals surface area contributed by atoms with Crippen LogP contribution in [0, 0.1) is 0 Å². The molecule has 0 saturated carbocycles. The lowest BCUT2D eigenvalue weighted by atomic mass is 10.2. The summed E-state index contributed by atoms with van der Waals surface area (Å²) in [5.41, 5.74) is 0.969. The Balaban J connectivity index is 1.96. The van der Waals surface area contributed by atoms with Crippen LogP contribution in [0.1, 0.15) is 10.4 Å². The standard InChI is InChI=1S/C11H10N2O3S2/c14-9-5-18-11(17)13(9)6-12-8-3-1-7(2-4-8)10(15)16/h1-4,12H,5-6H2,(H,15,16). The molecule has 0 bridgehead atoms. The van der Waals surface area contributed by atoms with Gasteiger partial charge < -0.3 is 10.4 Å². The van der Waals surface area contributed by atoms with Crippen LogP contribution in [0.15, 0.2) is 24.3 Å². The van der Waals surface area contributed by atoms with Crippen molar-refractivity contribution in [2.24, 2.45) is 0 Å². The van der Waals surface area contributed by atoms with E-state index in [2.05, 4.69) is 5.32 Å². The largest absolute Gasteiger partial charge is 0.478 e. The minimum absolute atomic E-state index is 0.0142. The third kappa shape index (κ3) is 2.80.